The third-order valence-electron chi connectivity index (χ3n) is 5.12. The predicted molar refractivity (Wildman–Crippen MR) is 130 cm³/mol. The number of hydrogen-bond donors (Lipinski definition) is 3. The molecule has 0 bridgehead atoms. The Labute approximate surface area is 188 Å². The largest absolute Gasteiger partial charge is 0.506 e. The number of hydrogen-bond acceptors (Lipinski definition) is 3. The third kappa shape index (κ3) is 4.95. The minimum atomic E-state index is 0. The summed E-state index contributed by atoms with van der Waals surface area (Å²) < 4.78 is 0. The number of para-hydroxylation sites is 3. The molecule has 7 heteroatoms. The van der Waals surface area contributed by atoms with E-state index in [1.807, 2.05) is 24.3 Å². The van der Waals surface area contributed by atoms with Crippen LogP contribution in [0.3, 0.4) is 0 Å². The van der Waals surface area contributed by atoms with Crippen molar-refractivity contribution in [1.82, 2.24) is 15.2 Å². The molecule has 0 amide bonds. The molecule has 0 saturated carbocycles. The molecule has 0 spiro atoms. The van der Waals surface area contributed by atoms with Crippen molar-refractivity contribution in [3.8, 4) is 5.75 Å². The summed E-state index contributed by atoms with van der Waals surface area (Å²) in [6.07, 6.45) is 0. The molecule has 1 aliphatic heterocycles. The average molecular weight is 505 g/mol. The number of H-pyrrole nitrogens is 1. The smallest absolute Gasteiger partial charge is 0.194 e. The van der Waals surface area contributed by atoms with Gasteiger partial charge in [-0.1, -0.05) is 30.3 Å². The van der Waals surface area contributed by atoms with Crippen LogP contribution < -0.4 is 10.2 Å². The van der Waals surface area contributed by atoms with Gasteiger partial charge in [0.25, 0.3) is 0 Å². The minimum absolute atomic E-state index is 0. The summed E-state index contributed by atoms with van der Waals surface area (Å²) in [6, 6.07) is 18.0. The Morgan fingerprint density at radius 3 is 2.52 bits per heavy atom. The highest BCUT2D eigenvalue weighted by atomic mass is 127. The first-order chi connectivity index (χ1) is 13.7. The number of aliphatic imine (C=N–C) groups is 1. The summed E-state index contributed by atoms with van der Waals surface area (Å²) in [5, 5.41) is 14.7. The maximum Gasteiger partial charge on any atom is 0.194 e. The third-order valence-corrected chi connectivity index (χ3v) is 5.12. The zero-order valence-electron chi connectivity index (χ0n) is 16.6. The molecule has 0 radical (unpaired) electrons. The number of benzene rings is 2. The van der Waals surface area contributed by atoms with Crippen molar-refractivity contribution in [2.45, 2.75) is 13.5 Å². The topological polar surface area (TPSA) is 66.9 Å². The second-order valence-corrected chi connectivity index (χ2v) is 7.01. The highest BCUT2D eigenvalue weighted by molar-refractivity contribution is 14.0. The Bertz CT molecular complexity index is 930. The van der Waals surface area contributed by atoms with Gasteiger partial charge in [0, 0.05) is 43.9 Å². The Hall–Kier alpha value is -2.42. The number of piperazine rings is 1. The maximum absolute atomic E-state index is 10.1. The molecular formula is C22H28IN5O. The van der Waals surface area contributed by atoms with Crippen LogP contribution in [-0.2, 0) is 6.54 Å². The van der Waals surface area contributed by atoms with Crippen molar-refractivity contribution in [3.05, 3.63) is 60.3 Å². The number of aromatic hydroxyl groups is 1. The van der Waals surface area contributed by atoms with Crippen molar-refractivity contribution in [2.75, 3.05) is 37.6 Å². The van der Waals surface area contributed by atoms with Crippen molar-refractivity contribution in [2.24, 2.45) is 4.99 Å². The molecule has 0 atom stereocenters. The van der Waals surface area contributed by atoms with E-state index in [2.05, 4.69) is 51.3 Å². The van der Waals surface area contributed by atoms with Gasteiger partial charge >= 0.3 is 0 Å². The van der Waals surface area contributed by atoms with E-state index in [-0.39, 0.29) is 24.0 Å². The number of nitrogens with zero attached hydrogens (tertiary/aromatic N) is 3. The summed E-state index contributed by atoms with van der Waals surface area (Å²) in [6.45, 7) is 7.00. The lowest BCUT2D eigenvalue weighted by molar-refractivity contribution is 0.369. The highest BCUT2D eigenvalue weighted by Crippen LogP contribution is 2.27. The van der Waals surface area contributed by atoms with Gasteiger partial charge in [0.1, 0.15) is 5.75 Å². The molecule has 4 rings (SSSR count). The molecule has 29 heavy (non-hydrogen) atoms. The molecule has 3 N–H and O–H groups in total. The van der Waals surface area contributed by atoms with Gasteiger partial charge in [-0.2, -0.15) is 0 Å². The lowest BCUT2D eigenvalue weighted by Gasteiger charge is -2.37. The summed E-state index contributed by atoms with van der Waals surface area (Å²) in [4.78, 5) is 12.8. The highest BCUT2D eigenvalue weighted by Gasteiger charge is 2.21. The standard InChI is InChI=1S/C22H27N5O.HI/c1-2-23-22(24-16-18-15-17-7-3-4-8-19(17)25-18)27-13-11-26(12-14-27)20-9-5-6-10-21(20)28;/h3-10,15,25,28H,2,11-14,16H2,1H3,(H,23,24);1H. The van der Waals surface area contributed by atoms with E-state index >= 15 is 0 Å². The van der Waals surface area contributed by atoms with Gasteiger partial charge < -0.3 is 25.2 Å². The number of nitrogens with one attached hydrogen (secondary N) is 2. The Morgan fingerprint density at radius 1 is 1.07 bits per heavy atom. The van der Waals surface area contributed by atoms with Crippen LogP contribution in [0.2, 0.25) is 0 Å². The van der Waals surface area contributed by atoms with E-state index in [9.17, 15) is 5.11 Å². The first-order valence-electron chi connectivity index (χ1n) is 9.87. The monoisotopic (exact) mass is 505 g/mol. The maximum atomic E-state index is 10.1. The fourth-order valence-electron chi connectivity index (χ4n) is 3.70. The van der Waals surface area contributed by atoms with Gasteiger partial charge in [-0.15, -0.1) is 24.0 Å². The number of anilines is 1. The number of aromatic amines is 1. The Balaban J connectivity index is 0.00000240. The van der Waals surface area contributed by atoms with Gasteiger partial charge in [0.05, 0.1) is 12.2 Å². The second kappa shape index (κ2) is 9.87. The normalized spacial score (nSPS) is 14.7. The first kappa shape index (κ1) is 21.3. The van der Waals surface area contributed by atoms with Crippen molar-refractivity contribution >= 4 is 46.5 Å². The summed E-state index contributed by atoms with van der Waals surface area (Å²) >= 11 is 0. The van der Waals surface area contributed by atoms with Gasteiger partial charge in [0.2, 0.25) is 0 Å². The molecule has 1 aromatic heterocycles. The number of aromatic nitrogens is 1. The quantitative estimate of drug-likeness (QED) is 0.287. The summed E-state index contributed by atoms with van der Waals surface area (Å²) in [5.74, 6) is 1.29. The van der Waals surface area contributed by atoms with Crippen molar-refractivity contribution in [1.29, 1.82) is 0 Å². The number of phenolic OH excluding ortho intramolecular Hbond substituents is 1. The molecule has 1 saturated heterocycles. The van der Waals surface area contributed by atoms with Gasteiger partial charge in [0.15, 0.2) is 5.96 Å². The second-order valence-electron chi connectivity index (χ2n) is 7.01. The minimum Gasteiger partial charge on any atom is -0.506 e. The molecule has 2 heterocycles. The predicted octanol–water partition coefficient (Wildman–Crippen LogP) is 3.78. The van der Waals surface area contributed by atoms with E-state index in [1.54, 1.807) is 6.07 Å². The molecular weight excluding hydrogens is 477 g/mol. The number of fused-ring (bicyclic) bond motifs is 1. The van der Waals surface area contributed by atoms with Crippen LogP contribution in [-0.4, -0.2) is 53.7 Å². The molecule has 6 nitrogen and oxygen atoms in total. The zero-order chi connectivity index (χ0) is 19.3. The zero-order valence-corrected chi connectivity index (χ0v) is 19.0. The molecule has 1 fully saturated rings. The number of guanidine groups is 1. The molecule has 154 valence electrons. The van der Waals surface area contributed by atoms with Crippen LogP contribution in [0, 0.1) is 0 Å². The van der Waals surface area contributed by atoms with E-state index in [4.69, 9.17) is 4.99 Å². The van der Waals surface area contributed by atoms with Gasteiger partial charge in [-0.3, -0.25) is 0 Å². The summed E-state index contributed by atoms with van der Waals surface area (Å²) in [7, 11) is 0. The summed E-state index contributed by atoms with van der Waals surface area (Å²) in [5.41, 5.74) is 3.17. The number of phenols is 1. The molecule has 3 aromatic rings. The molecule has 1 aliphatic rings. The lowest BCUT2D eigenvalue weighted by Crippen LogP contribution is -2.52. The van der Waals surface area contributed by atoms with Crippen LogP contribution in [0.5, 0.6) is 5.75 Å². The Kier molecular flexibility index (Phi) is 7.24. The molecule has 0 aliphatic carbocycles. The van der Waals surface area contributed by atoms with E-state index < -0.39 is 0 Å². The van der Waals surface area contributed by atoms with Crippen LogP contribution in [0.15, 0.2) is 59.6 Å². The number of rotatable bonds is 4. The van der Waals surface area contributed by atoms with Crippen molar-refractivity contribution in [3.63, 3.8) is 0 Å². The fourth-order valence-corrected chi connectivity index (χ4v) is 3.70. The molecule has 2 aromatic carbocycles. The first-order valence-corrected chi connectivity index (χ1v) is 9.87. The lowest BCUT2D eigenvalue weighted by atomic mass is 10.2. The molecule has 0 unspecified atom stereocenters. The van der Waals surface area contributed by atoms with E-state index in [0.29, 0.717) is 12.3 Å². The van der Waals surface area contributed by atoms with Gasteiger partial charge in [-0.05, 0) is 36.6 Å². The van der Waals surface area contributed by atoms with Crippen molar-refractivity contribution < 1.29 is 5.11 Å². The van der Waals surface area contributed by atoms with E-state index in [1.165, 1.54) is 5.39 Å². The fraction of sp³-hybridized carbons (Fsp3) is 0.318. The van der Waals surface area contributed by atoms with Gasteiger partial charge in [-0.25, -0.2) is 4.99 Å². The van der Waals surface area contributed by atoms with E-state index in [0.717, 1.165) is 55.6 Å². The van der Waals surface area contributed by atoms with Crippen LogP contribution in [0.25, 0.3) is 10.9 Å². The van der Waals surface area contributed by atoms with Crippen LogP contribution >= 0.6 is 24.0 Å². The van der Waals surface area contributed by atoms with Crippen LogP contribution in [0.1, 0.15) is 12.6 Å². The number of halogens is 1. The Morgan fingerprint density at radius 2 is 1.79 bits per heavy atom. The SMILES string of the molecule is CCNC(=NCc1cc2ccccc2[nH]1)N1CCN(c2ccccc2O)CC1.I. The average Bonchev–Trinajstić information content (AvgIpc) is 3.15. The van der Waals surface area contributed by atoms with Crippen LogP contribution in [0.4, 0.5) is 5.69 Å².